The molecule has 0 aliphatic carbocycles. The molecule has 0 atom stereocenters. The zero-order chi connectivity index (χ0) is 19.6. The number of halogens is 3. The van der Waals surface area contributed by atoms with Gasteiger partial charge >= 0.3 is 0 Å². The van der Waals surface area contributed by atoms with Gasteiger partial charge in [-0.3, -0.25) is 4.79 Å². The van der Waals surface area contributed by atoms with Crippen LogP contribution in [0.4, 0.5) is 15.9 Å². The lowest BCUT2D eigenvalue weighted by Crippen LogP contribution is -2.24. The molecule has 0 unspecified atom stereocenters. The lowest BCUT2D eigenvalue weighted by molar-refractivity contribution is 0.0947. The summed E-state index contributed by atoms with van der Waals surface area (Å²) in [5.74, 6) is -1.17. The van der Waals surface area contributed by atoms with E-state index in [2.05, 4.69) is 15.3 Å². The van der Waals surface area contributed by atoms with Crippen LogP contribution in [0.5, 0.6) is 11.5 Å². The molecule has 0 bridgehead atoms. The summed E-state index contributed by atoms with van der Waals surface area (Å²) in [6.45, 7) is -0.117. The van der Waals surface area contributed by atoms with E-state index in [9.17, 15) is 9.18 Å². The molecule has 3 aromatic rings. The van der Waals surface area contributed by atoms with Crippen molar-refractivity contribution in [2.24, 2.45) is 0 Å². The lowest BCUT2D eigenvalue weighted by Gasteiger charge is -2.13. The first-order valence-corrected chi connectivity index (χ1v) is 8.38. The Morgan fingerprint density at radius 1 is 1.26 bits per heavy atom. The molecule has 0 aliphatic rings. The van der Waals surface area contributed by atoms with E-state index < -0.39 is 11.7 Å². The Morgan fingerprint density at radius 2 is 2.04 bits per heavy atom. The monoisotopic (exact) mass is 409 g/mol. The molecule has 0 saturated carbocycles. The molecule has 140 valence electrons. The Kier molecular flexibility index (Phi) is 5.38. The third kappa shape index (κ3) is 4.24. The first-order chi connectivity index (χ1) is 12.8. The van der Waals surface area contributed by atoms with Gasteiger partial charge in [-0.25, -0.2) is 9.37 Å². The summed E-state index contributed by atoms with van der Waals surface area (Å²) in [5.41, 5.74) is 11.9. The second-order valence-electron chi connectivity index (χ2n) is 5.52. The first-order valence-electron chi connectivity index (χ1n) is 7.63. The highest BCUT2D eigenvalue weighted by Crippen LogP contribution is 2.35. The zero-order valence-electron chi connectivity index (χ0n) is 13.7. The molecular weight excluding hydrogens is 396 g/mol. The van der Waals surface area contributed by atoms with Gasteiger partial charge in [-0.2, -0.15) is 0 Å². The highest BCUT2D eigenvalue weighted by Gasteiger charge is 2.17. The molecule has 27 heavy (non-hydrogen) atoms. The van der Waals surface area contributed by atoms with Crippen LogP contribution in [-0.4, -0.2) is 15.9 Å². The van der Waals surface area contributed by atoms with Crippen molar-refractivity contribution in [3.63, 3.8) is 0 Å². The van der Waals surface area contributed by atoms with Gasteiger partial charge in [0, 0.05) is 28.9 Å². The number of H-pyrrole nitrogens is 1. The van der Waals surface area contributed by atoms with Gasteiger partial charge in [0.2, 0.25) is 0 Å². The Bertz CT molecular complexity index is 989. The van der Waals surface area contributed by atoms with Crippen LogP contribution in [0.25, 0.3) is 0 Å². The minimum atomic E-state index is -0.723. The molecule has 6 N–H and O–H groups in total. The minimum absolute atomic E-state index is 0.0478. The van der Waals surface area contributed by atoms with E-state index in [-0.39, 0.29) is 40.1 Å². The summed E-state index contributed by atoms with van der Waals surface area (Å²) in [6.07, 6.45) is 1.29. The number of rotatable bonds is 5. The molecule has 0 radical (unpaired) electrons. The smallest absolute Gasteiger partial charge is 0.271 e. The zero-order valence-corrected chi connectivity index (χ0v) is 15.2. The third-order valence-electron chi connectivity index (χ3n) is 3.58. The van der Waals surface area contributed by atoms with Crippen LogP contribution in [-0.2, 0) is 6.54 Å². The standard InChI is InChI=1S/C17H14Cl2FN5O2/c18-9-3-10(21)5-11(4-9)27-15-12(19)2-1-8(13(15)20)6-23-17(26)14-16(22)25-7-24-14/h1-5,7H,6,21-22H2,(H,23,26)(H,24,25). The summed E-state index contributed by atoms with van der Waals surface area (Å²) in [5, 5.41) is 2.93. The van der Waals surface area contributed by atoms with Gasteiger partial charge in [-0.15, -0.1) is 0 Å². The predicted molar refractivity (Wildman–Crippen MR) is 102 cm³/mol. The molecule has 0 spiro atoms. The second-order valence-corrected chi connectivity index (χ2v) is 6.36. The van der Waals surface area contributed by atoms with Crippen LogP contribution in [0.2, 0.25) is 10.0 Å². The number of imidazole rings is 1. The topological polar surface area (TPSA) is 119 Å². The van der Waals surface area contributed by atoms with Crippen LogP contribution in [0.1, 0.15) is 16.1 Å². The predicted octanol–water partition coefficient (Wildman–Crippen LogP) is 3.74. The van der Waals surface area contributed by atoms with Gasteiger partial charge in [0.1, 0.15) is 11.4 Å². The number of carbonyl (C=O) groups is 1. The molecule has 3 rings (SSSR count). The number of anilines is 2. The average Bonchev–Trinajstić information content (AvgIpc) is 3.03. The summed E-state index contributed by atoms with van der Waals surface area (Å²) < 4.78 is 20.3. The fraction of sp³-hybridized carbons (Fsp3) is 0.0588. The third-order valence-corrected chi connectivity index (χ3v) is 4.09. The fourth-order valence-corrected chi connectivity index (χ4v) is 2.73. The summed E-state index contributed by atoms with van der Waals surface area (Å²) in [4.78, 5) is 18.4. The molecular formula is C17H14Cl2FN5O2. The normalized spacial score (nSPS) is 10.6. The van der Waals surface area contributed by atoms with Crippen LogP contribution < -0.4 is 21.5 Å². The molecule has 0 saturated heterocycles. The second kappa shape index (κ2) is 7.73. The van der Waals surface area contributed by atoms with Gasteiger partial charge in [-0.1, -0.05) is 29.3 Å². The SMILES string of the molecule is Nc1cc(Cl)cc(Oc2c(Cl)ccc(CNC(=O)c3[nH]cnc3N)c2F)c1. The number of ether oxygens (including phenoxy) is 1. The molecule has 0 aliphatic heterocycles. The summed E-state index contributed by atoms with van der Waals surface area (Å²) in [7, 11) is 0. The average molecular weight is 410 g/mol. The van der Waals surface area contributed by atoms with Crippen molar-refractivity contribution in [1.82, 2.24) is 15.3 Å². The van der Waals surface area contributed by atoms with Crippen LogP contribution in [0.3, 0.4) is 0 Å². The minimum Gasteiger partial charge on any atom is -0.453 e. The quantitative estimate of drug-likeness (QED) is 0.478. The number of nitrogen functional groups attached to an aromatic ring is 2. The molecule has 10 heteroatoms. The largest absolute Gasteiger partial charge is 0.453 e. The van der Waals surface area contributed by atoms with E-state index in [1.165, 1.54) is 36.7 Å². The summed E-state index contributed by atoms with van der Waals surface area (Å²) in [6, 6.07) is 7.38. The molecule has 1 heterocycles. The van der Waals surface area contributed by atoms with Crippen LogP contribution in [0, 0.1) is 5.82 Å². The Labute approximate surface area is 163 Å². The number of hydrogen-bond donors (Lipinski definition) is 4. The molecule has 0 fully saturated rings. The number of carbonyl (C=O) groups excluding carboxylic acids is 1. The maximum absolute atomic E-state index is 14.8. The number of benzene rings is 2. The molecule has 7 nitrogen and oxygen atoms in total. The van der Waals surface area contributed by atoms with Crippen LogP contribution in [0.15, 0.2) is 36.7 Å². The maximum atomic E-state index is 14.8. The molecule has 1 aromatic heterocycles. The van der Waals surface area contributed by atoms with E-state index in [1.807, 2.05) is 0 Å². The number of amides is 1. The van der Waals surface area contributed by atoms with Crippen molar-refractivity contribution in [3.8, 4) is 11.5 Å². The van der Waals surface area contributed by atoms with E-state index in [1.54, 1.807) is 0 Å². The summed E-state index contributed by atoms with van der Waals surface area (Å²) >= 11 is 12.0. The number of aromatic amines is 1. The van der Waals surface area contributed by atoms with Crippen molar-refractivity contribution >= 4 is 40.6 Å². The highest BCUT2D eigenvalue weighted by molar-refractivity contribution is 6.32. The van der Waals surface area contributed by atoms with Crippen molar-refractivity contribution in [1.29, 1.82) is 0 Å². The van der Waals surface area contributed by atoms with E-state index in [4.69, 9.17) is 39.4 Å². The maximum Gasteiger partial charge on any atom is 0.271 e. The Hall–Kier alpha value is -2.97. The van der Waals surface area contributed by atoms with Gasteiger partial charge < -0.3 is 26.5 Å². The van der Waals surface area contributed by atoms with Crippen molar-refractivity contribution in [3.05, 3.63) is 63.8 Å². The lowest BCUT2D eigenvalue weighted by atomic mass is 10.2. The number of hydrogen-bond acceptors (Lipinski definition) is 5. The number of nitrogens with zero attached hydrogens (tertiary/aromatic N) is 1. The Balaban J connectivity index is 1.81. The van der Waals surface area contributed by atoms with E-state index in [0.29, 0.717) is 10.7 Å². The van der Waals surface area contributed by atoms with E-state index in [0.717, 1.165) is 0 Å². The highest BCUT2D eigenvalue weighted by atomic mass is 35.5. The van der Waals surface area contributed by atoms with Gasteiger partial charge in [0.15, 0.2) is 17.4 Å². The number of nitrogens with two attached hydrogens (primary N) is 2. The van der Waals surface area contributed by atoms with Crippen molar-refractivity contribution in [2.45, 2.75) is 6.54 Å². The van der Waals surface area contributed by atoms with Gasteiger partial charge in [0.25, 0.3) is 5.91 Å². The van der Waals surface area contributed by atoms with Crippen molar-refractivity contribution < 1.29 is 13.9 Å². The first kappa shape index (κ1) is 18.8. The number of nitrogens with one attached hydrogen (secondary N) is 2. The van der Waals surface area contributed by atoms with Gasteiger partial charge in [0.05, 0.1) is 11.3 Å². The van der Waals surface area contributed by atoms with E-state index >= 15 is 0 Å². The molecule has 2 aromatic carbocycles. The molecule has 1 amide bonds. The van der Waals surface area contributed by atoms with Gasteiger partial charge in [-0.05, 0) is 18.2 Å². The van der Waals surface area contributed by atoms with Crippen LogP contribution >= 0.6 is 23.2 Å². The van der Waals surface area contributed by atoms with Crippen molar-refractivity contribution in [2.75, 3.05) is 11.5 Å². The number of aromatic nitrogens is 2. The Morgan fingerprint density at radius 3 is 2.70 bits per heavy atom. The fourth-order valence-electron chi connectivity index (χ4n) is 2.32.